The highest BCUT2D eigenvalue weighted by Gasteiger charge is 2.57. The number of fused-ring (bicyclic) bond motifs is 2. The molecule has 2 aromatic rings. The van der Waals surface area contributed by atoms with Crippen molar-refractivity contribution >= 4 is 11.6 Å². The van der Waals surface area contributed by atoms with E-state index in [-0.39, 0.29) is 46.8 Å². The first-order valence-corrected chi connectivity index (χ1v) is 8.55. The maximum absolute atomic E-state index is 12.5. The van der Waals surface area contributed by atoms with Crippen LogP contribution in [0.1, 0.15) is 57.0 Å². The lowest BCUT2D eigenvalue weighted by molar-refractivity contribution is -0.106. The summed E-state index contributed by atoms with van der Waals surface area (Å²) in [7, 11) is 0. The van der Waals surface area contributed by atoms with Crippen LogP contribution in [0.5, 0.6) is 11.5 Å². The number of ketones is 2. The fraction of sp³-hybridized carbons (Fsp3) is 0.300. The maximum Gasteiger partial charge on any atom is 0.169 e. The number of carbonyl (C=O) groups is 2. The smallest absolute Gasteiger partial charge is 0.169 e. The summed E-state index contributed by atoms with van der Waals surface area (Å²) in [6.07, 6.45) is -1.25. The molecule has 0 saturated heterocycles. The Kier molecular flexibility index (Phi) is 2.82. The van der Waals surface area contributed by atoms with Gasteiger partial charge in [0.2, 0.25) is 0 Å². The average molecular weight is 352 g/mol. The van der Waals surface area contributed by atoms with Crippen molar-refractivity contribution in [1.82, 2.24) is 0 Å². The van der Waals surface area contributed by atoms with E-state index < -0.39 is 23.4 Å². The fourth-order valence-corrected chi connectivity index (χ4v) is 5.00. The van der Waals surface area contributed by atoms with E-state index in [0.29, 0.717) is 23.1 Å². The summed E-state index contributed by atoms with van der Waals surface area (Å²) in [5, 5.41) is 42.8. The number of aliphatic hydroxyl groups excluding tert-OH is 1. The molecule has 0 fully saturated rings. The van der Waals surface area contributed by atoms with Crippen LogP contribution in [0.25, 0.3) is 11.1 Å². The van der Waals surface area contributed by atoms with Crippen LogP contribution in [-0.2, 0) is 5.60 Å². The first kappa shape index (κ1) is 15.5. The van der Waals surface area contributed by atoms with E-state index in [4.69, 9.17) is 0 Å². The first-order chi connectivity index (χ1) is 12.4. The highest BCUT2D eigenvalue weighted by atomic mass is 16.3. The lowest BCUT2D eigenvalue weighted by Crippen LogP contribution is -2.52. The molecule has 6 nitrogen and oxygen atoms in total. The molecule has 26 heavy (non-hydrogen) atoms. The predicted octanol–water partition coefficient (Wildman–Crippen LogP) is 1.97. The zero-order valence-corrected chi connectivity index (χ0v) is 13.7. The van der Waals surface area contributed by atoms with Crippen molar-refractivity contribution in [3.63, 3.8) is 0 Å². The van der Waals surface area contributed by atoms with Crippen LogP contribution < -0.4 is 0 Å². The molecule has 0 radical (unpaired) electrons. The number of hydrogen-bond donors (Lipinski definition) is 4. The standard InChI is InChI=1S/C20H16O6/c21-11-4-1-8-9-2-5-13(23)18-14(24)7-15(25)20(26,19(9)18)10-3-6-12(22)17(11)16(8)10/h1-2,4-5,10,15,21,23,25-26H,3,6-7H2/t10-,15-,20+/m1/s1. The van der Waals surface area contributed by atoms with E-state index in [1.165, 1.54) is 12.1 Å². The molecule has 0 unspecified atom stereocenters. The number of aliphatic hydroxyl groups is 2. The lowest BCUT2D eigenvalue weighted by atomic mass is 9.57. The summed E-state index contributed by atoms with van der Waals surface area (Å²) in [5.74, 6) is -1.65. The van der Waals surface area contributed by atoms with Crippen LogP contribution in [0.2, 0.25) is 0 Å². The second-order valence-corrected chi connectivity index (χ2v) is 7.29. The highest BCUT2D eigenvalue weighted by molar-refractivity contribution is 6.07. The number of Topliss-reactive ketones (excluding diaryl/α,β-unsaturated/α-hetero) is 2. The van der Waals surface area contributed by atoms with Gasteiger partial charge in [-0.25, -0.2) is 0 Å². The van der Waals surface area contributed by atoms with Gasteiger partial charge in [0.15, 0.2) is 11.6 Å². The van der Waals surface area contributed by atoms with Crippen molar-refractivity contribution in [1.29, 1.82) is 0 Å². The number of phenolic OH excluding ortho intramolecular Hbond substituents is 2. The Bertz CT molecular complexity index is 1020. The second kappa shape index (κ2) is 4.72. The van der Waals surface area contributed by atoms with Gasteiger partial charge in [-0.05, 0) is 35.2 Å². The van der Waals surface area contributed by atoms with Gasteiger partial charge in [0, 0.05) is 24.3 Å². The molecule has 0 spiro atoms. The summed E-state index contributed by atoms with van der Waals surface area (Å²) in [4.78, 5) is 24.9. The second-order valence-electron chi connectivity index (χ2n) is 7.29. The fourth-order valence-electron chi connectivity index (χ4n) is 5.00. The zero-order chi connectivity index (χ0) is 18.4. The van der Waals surface area contributed by atoms with E-state index in [9.17, 15) is 30.0 Å². The minimum Gasteiger partial charge on any atom is -0.507 e. The van der Waals surface area contributed by atoms with Crippen LogP contribution in [0, 0.1) is 0 Å². The van der Waals surface area contributed by atoms with Crippen molar-refractivity contribution in [2.45, 2.75) is 36.9 Å². The van der Waals surface area contributed by atoms with E-state index in [2.05, 4.69) is 0 Å². The van der Waals surface area contributed by atoms with Crippen molar-refractivity contribution < 1.29 is 30.0 Å². The van der Waals surface area contributed by atoms with Gasteiger partial charge in [-0.2, -0.15) is 0 Å². The number of aromatic hydroxyl groups is 2. The predicted molar refractivity (Wildman–Crippen MR) is 90.4 cm³/mol. The van der Waals surface area contributed by atoms with Crippen LogP contribution in [0.4, 0.5) is 0 Å². The minimum atomic E-state index is -1.80. The molecular formula is C20H16O6. The van der Waals surface area contributed by atoms with Gasteiger partial charge in [-0.3, -0.25) is 9.59 Å². The number of carbonyl (C=O) groups excluding carboxylic acids is 2. The molecule has 0 heterocycles. The van der Waals surface area contributed by atoms with Crippen LogP contribution >= 0.6 is 0 Å². The third kappa shape index (κ3) is 1.59. The Balaban J connectivity index is 1.98. The third-order valence-electron chi connectivity index (χ3n) is 6.08. The Labute approximate surface area is 148 Å². The highest BCUT2D eigenvalue weighted by Crippen LogP contribution is 2.60. The molecule has 6 heteroatoms. The topological polar surface area (TPSA) is 115 Å². The number of rotatable bonds is 0. The summed E-state index contributed by atoms with van der Waals surface area (Å²) >= 11 is 0. The van der Waals surface area contributed by atoms with Crippen molar-refractivity contribution in [3.05, 3.63) is 46.5 Å². The molecule has 0 aliphatic heterocycles. The Hall–Kier alpha value is -2.70. The van der Waals surface area contributed by atoms with Crippen molar-refractivity contribution in [2.75, 3.05) is 0 Å². The van der Waals surface area contributed by atoms with Crippen molar-refractivity contribution in [3.8, 4) is 22.6 Å². The molecule has 3 aliphatic carbocycles. The third-order valence-corrected chi connectivity index (χ3v) is 6.08. The molecule has 3 atom stereocenters. The first-order valence-electron chi connectivity index (χ1n) is 8.55. The molecule has 2 aromatic carbocycles. The van der Waals surface area contributed by atoms with E-state index in [1.54, 1.807) is 12.1 Å². The Morgan fingerprint density at radius 2 is 1.58 bits per heavy atom. The number of hydrogen-bond acceptors (Lipinski definition) is 6. The summed E-state index contributed by atoms with van der Waals surface area (Å²) < 4.78 is 0. The van der Waals surface area contributed by atoms with Crippen LogP contribution in [0.15, 0.2) is 24.3 Å². The number of benzene rings is 2. The Morgan fingerprint density at radius 1 is 0.923 bits per heavy atom. The normalized spacial score (nSPS) is 28.5. The summed E-state index contributed by atoms with van der Waals surface area (Å²) in [6.45, 7) is 0. The zero-order valence-electron chi connectivity index (χ0n) is 13.7. The van der Waals surface area contributed by atoms with Gasteiger partial charge in [-0.1, -0.05) is 12.1 Å². The minimum absolute atomic E-state index is 0.0347. The van der Waals surface area contributed by atoms with Crippen LogP contribution in [-0.4, -0.2) is 38.1 Å². The molecule has 3 aliphatic rings. The van der Waals surface area contributed by atoms with E-state index >= 15 is 0 Å². The summed E-state index contributed by atoms with van der Waals surface area (Å²) in [6, 6.07) is 6.04. The molecule has 5 rings (SSSR count). The molecule has 0 bridgehead atoms. The maximum atomic E-state index is 12.5. The Morgan fingerprint density at radius 3 is 2.31 bits per heavy atom. The lowest BCUT2D eigenvalue weighted by Gasteiger charge is -2.49. The monoisotopic (exact) mass is 352 g/mol. The molecule has 4 N–H and O–H groups in total. The van der Waals surface area contributed by atoms with Gasteiger partial charge in [0.25, 0.3) is 0 Å². The summed E-state index contributed by atoms with van der Waals surface area (Å²) in [5.41, 5.74) is 0.288. The molecule has 0 amide bonds. The molecule has 0 aromatic heterocycles. The average Bonchev–Trinajstić information content (AvgIpc) is 2.60. The van der Waals surface area contributed by atoms with Gasteiger partial charge in [0.1, 0.15) is 17.1 Å². The van der Waals surface area contributed by atoms with Crippen LogP contribution in [0.3, 0.4) is 0 Å². The number of phenols is 2. The largest absolute Gasteiger partial charge is 0.507 e. The van der Waals surface area contributed by atoms with Crippen molar-refractivity contribution in [2.24, 2.45) is 0 Å². The van der Waals surface area contributed by atoms with Gasteiger partial charge >= 0.3 is 0 Å². The molecule has 0 saturated carbocycles. The van der Waals surface area contributed by atoms with E-state index in [1.807, 2.05) is 0 Å². The van der Waals surface area contributed by atoms with E-state index in [0.717, 1.165) is 0 Å². The SMILES string of the molecule is O=C1CC[C@@H]2c3c(ccc(O)c31)-c1ccc(O)c3c1[C@@]2(O)[C@H](O)CC3=O. The molecular weight excluding hydrogens is 336 g/mol. The van der Waals surface area contributed by atoms with Gasteiger partial charge in [-0.15, -0.1) is 0 Å². The van der Waals surface area contributed by atoms with Gasteiger partial charge < -0.3 is 20.4 Å². The quantitative estimate of drug-likeness (QED) is 0.576. The molecule has 132 valence electrons. The van der Waals surface area contributed by atoms with Gasteiger partial charge in [0.05, 0.1) is 17.2 Å².